The summed E-state index contributed by atoms with van der Waals surface area (Å²) in [5.41, 5.74) is 6.94. The van der Waals surface area contributed by atoms with Crippen molar-refractivity contribution in [3.63, 3.8) is 0 Å². The number of sulfonamides is 1. The number of nitrogens with one attached hydrogen (secondary N) is 1. The minimum Gasteiger partial charge on any atom is -0.366 e. The van der Waals surface area contributed by atoms with E-state index in [1.165, 1.54) is 31.2 Å². The molecule has 2 aromatic carbocycles. The molecule has 0 radical (unpaired) electrons. The van der Waals surface area contributed by atoms with Crippen molar-refractivity contribution >= 4 is 44.8 Å². The normalized spacial score (nSPS) is 16.1. The van der Waals surface area contributed by atoms with E-state index in [0.717, 1.165) is 11.3 Å². The van der Waals surface area contributed by atoms with Crippen LogP contribution < -0.4 is 15.4 Å². The Morgan fingerprint density at radius 1 is 1.22 bits per heavy atom. The van der Waals surface area contributed by atoms with E-state index in [-0.39, 0.29) is 33.1 Å². The van der Waals surface area contributed by atoms with Crippen LogP contribution in [0.5, 0.6) is 0 Å². The van der Waals surface area contributed by atoms with Crippen molar-refractivity contribution in [3.8, 4) is 0 Å². The van der Waals surface area contributed by atoms with Crippen LogP contribution in [0.1, 0.15) is 29.8 Å². The van der Waals surface area contributed by atoms with Crippen LogP contribution in [-0.2, 0) is 21.2 Å². The number of hydrogen-bond acceptors (Lipinski definition) is 4. The number of primary amides is 1. The third-order valence-corrected chi connectivity index (χ3v) is 6.11. The van der Waals surface area contributed by atoms with E-state index in [9.17, 15) is 18.0 Å². The molecule has 1 atom stereocenters. The fraction of sp³-hybridized carbons (Fsp3) is 0.222. The maximum atomic E-state index is 12.7. The molecule has 0 saturated heterocycles. The summed E-state index contributed by atoms with van der Waals surface area (Å²) in [6, 6.07) is 8.73. The lowest BCUT2D eigenvalue weighted by Gasteiger charge is -2.20. The fourth-order valence-electron chi connectivity index (χ4n) is 3.25. The van der Waals surface area contributed by atoms with Gasteiger partial charge in [0.05, 0.1) is 15.5 Å². The van der Waals surface area contributed by atoms with E-state index in [0.29, 0.717) is 6.42 Å². The first-order valence-electron chi connectivity index (χ1n) is 8.15. The summed E-state index contributed by atoms with van der Waals surface area (Å²) >= 11 is 5.89. The Morgan fingerprint density at radius 2 is 1.93 bits per heavy atom. The lowest BCUT2D eigenvalue weighted by molar-refractivity contribution is -0.116. The fourth-order valence-corrected chi connectivity index (χ4v) is 4.56. The van der Waals surface area contributed by atoms with E-state index >= 15 is 0 Å². The molecule has 1 aliphatic rings. The zero-order chi connectivity index (χ0) is 19.9. The van der Waals surface area contributed by atoms with Gasteiger partial charge in [-0.1, -0.05) is 11.6 Å². The maximum absolute atomic E-state index is 12.7. The molecule has 0 bridgehead atoms. The second-order valence-corrected chi connectivity index (χ2v) is 8.49. The van der Waals surface area contributed by atoms with Crippen LogP contribution in [0.3, 0.4) is 0 Å². The molecule has 1 aliphatic heterocycles. The molecule has 0 fully saturated rings. The van der Waals surface area contributed by atoms with E-state index < -0.39 is 15.9 Å². The highest BCUT2D eigenvalue weighted by Crippen LogP contribution is 2.34. The number of hydrogen-bond donors (Lipinski definition) is 2. The Bertz CT molecular complexity index is 1050. The Balaban J connectivity index is 1.93. The van der Waals surface area contributed by atoms with Crippen LogP contribution in [-0.4, -0.2) is 26.3 Å². The van der Waals surface area contributed by atoms with E-state index in [4.69, 9.17) is 17.3 Å². The van der Waals surface area contributed by atoms with Crippen LogP contribution >= 0.6 is 11.6 Å². The molecule has 0 saturated carbocycles. The molecule has 2 amide bonds. The van der Waals surface area contributed by atoms with Crippen molar-refractivity contribution < 1.29 is 18.0 Å². The average Bonchev–Trinajstić information content (AvgIpc) is 2.91. The standard InChI is InChI=1S/C18H18ClN3O4S/c1-10-7-12-8-14(4-6-17(12)22(10)11(2)23)27(25,26)21-13-3-5-16(19)15(9-13)18(20)24/h3-6,8-10,21H,7H2,1-2H3,(H2,20,24). The van der Waals surface area contributed by atoms with Crippen LogP contribution in [0.4, 0.5) is 11.4 Å². The quantitative estimate of drug-likeness (QED) is 0.811. The number of nitrogens with zero attached hydrogens (tertiary/aromatic N) is 1. The first kappa shape index (κ1) is 19.2. The summed E-state index contributed by atoms with van der Waals surface area (Å²) in [7, 11) is -3.89. The minimum absolute atomic E-state index is 0.0248. The summed E-state index contributed by atoms with van der Waals surface area (Å²) in [4.78, 5) is 24.9. The van der Waals surface area contributed by atoms with Gasteiger partial charge in [-0.25, -0.2) is 8.42 Å². The summed E-state index contributed by atoms with van der Waals surface area (Å²) in [6.45, 7) is 3.39. The third kappa shape index (κ3) is 3.63. The largest absolute Gasteiger partial charge is 0.366 e. The molecule has 27 heavy (non-hydrogen) atoms. The number of anilines is 2. The van der Waals surface area contributed by atoms with Gasteiger partial charge in [0.2, 0.25) is 11.8 Å². The number of amides is 2. The summed E-state index contributed by atoms with van der Waals surface area (Å²) < 4.78 is 27.9. The zero-order valence-corrected chi connectivity index (χ0v) is 16.3. The number of fused-ring (bicyclic) bond motifs is 1. The van der Waals surface area contributed by atoms with E-state index in [1.54, 1.807) is 17.0 Å². The molecule has 0 spiro atoms. The van der Waals surface area contributed by atoms with E-state index in [2.05, 4.69) is 4.72 Å². The Morgan fingerprint density at radius 3 is 2.56 bits per heavy atom. The molecule has 3 rings (SSSR count). The van der Waals surface area contributed by atoms with Crippen LogP contribution in [0.2, 0.25) is 5.02 Å². The molecular weight excluding hydrogens is 390 g/mol. The number of carbonyl (C=O) groups is 2. The number of carbonyl (C=O) groups excluding carboxylic acids is 2. The predicted octanol–water partition coefficient (Wildman–Crippen LogP) is 2.54. The molecule has 142 valence electrons. The van der Waals surface area contributed by atoms with Crippen LogP contribution in [0.25, 0.3) is 0 Å². The molecule has 1 heterocycles. The highest BCUT2D eigenvalue weighted by Gasteiger charge is 2.30. The van der Waals surface area contributed by atoms with Gasteiger partial charge < -0.3 is 10.6 Å². The van der Waals surface area contributed by atoms with Gasteiger partial charge in [0.15, 0.2) is 0 Å². The molecule has 7 nitrogen and oxygen atoms in total. The van der Waals surface area contributed by atoms with Gasteiger partial charge in [-0.3, -0.25) is 14.3 Å². The molecule has 2 aromatic rings. The number of benzene rings is 2. The zero-order valence-electron chi connectivity index (χ0n) is 14.7. The second kappa shape index (κ2) is 6.86. The monoisotopic (exact) mass is 407 g/mol. The summed E-state index contributed by atoms with van der Waals surface area (Å²) in [5.74, 6) is -0.841. The van der Waals surface area contributed by atoms with Crippen molar-refractivity contribution in [2.24, 2.45) is 5.73 Å². The SMILES string of the molecule is CC(=O)N1c2ccc(S(=O)(=O)Nc3ccc(Cl)c(C(N)=O)c3)cc2CC1C. The first-order valence-corrected chi connectivity index (χ1v) is 10.0. The number of halogens is 1. The second-order valence-electron chi connectivity index (χ2n) is 6.40. The Kier molecular flexibility index (Phi) is 4.88. The van der Waals surface area contributed by atoms with Crippen LogP contribution in [0, 0.1) is 0 Å². The summed E-state index contributed by atoms with van der Waals surface area (Å²) in [5, 5.41) is 0.140. The third-order valence-electron chi connectivity index (χ3n) is 4.40. The van der Waals surface area contributed by atoms with Gasteiger partial charge in [0.1, 0.15) is 0 Å². The predicted molar refractivity (Wildman–Crippen MR) is 104 cm³/mol. The lowest BCUT2D eigenvalue weighted by atomic mass is 10.1. The minimum atomic E-state index is -3.89. The van der Waals surface area contributed by atoms with Crippen molar-refractivity contribution in [2.75, 3.05) is 9.62 Å². The highest BCUT2D eigenvalue weighted by atomic mass is 35.5. The first-order chi connectivity index (χ1) is 12.6. The van der Waals surface area contributed by atoms with Gasteiger partial charge >= 0.3 is 0 Å². The molecule has 1 unspecified atom stereocenters. The summed E-state index contributed by atoms with van der Waals surface area (Å²) in [6.07, 6.45) is 0.574. The van der Waals surface area contributed by atoms with Crippen molar-refractivity contribution in [2.45, 2.75) is 31.2 Å². The van der Waals surface area contributed by atoms with Gasteiger partial charge in [-0.05, 0) is 55.3 Å². The molecule has 0 aromatic heterocycles. The highest BCUT2D eigenvalue weighted by molar-refractivity contribution is 7.92. The topological polar surface area (TPSA) is 110 Å². The van der Waals surface area contributed by atoms with Crippen molar-refractivity contribution in [3.05, 3.63) is 52.5 Å². The number of nitrogens with two attached hydrogens (primary N) is 1. The van der Waals surface area contributed by atoms with Crippen LogP contribution in [0.15, 0.2) is 41.3 Å². The van der Waals surface area contributed by atoms with Gasteiger partial charge in [0, 0.05) is 24.3 Å². The van der Waals surface area contributed by atoms with E-state index in [1.807, 2.05) is 6.92 Å². The van der Waals surface area contributed by atoms with Crippen molar-refractivity contribution in [1.29, 1.82) is 0 Å². The smallest absolute Gasteiger partial charge is 0.261 e. The van der Waals surface area contributed by atoms with Gasteiger partial charge in [0.25, 0.3) is 10.0 Å². The maximum Gasteiger partial charge on any atom is 0.261 e. The molecule has 9 heteroatoms. The molecule has 3 N–H and O–H groups in total. The molecule has 0 aliphatic carbocycles. The van der Waals surface area contributed by atoms with Crippen molar-refractivity contribution in [1.82, 2.24) is 0 Å². The number of rotatable bonds is 4. The molecular formula is C18H18ClN3O4S. The Hall–Kier alpha value is -2.58. The van der Waals surface area contributed by atoms with Gasteiger partial charge in [-0.2, -0.15) is 0 Å². The Labute approximate surface area is 162 Å². The lowest BCUT2D eigenvalue weighted by Crippen LogP contribution is -2.33. The average molecular weight is 408 g/mol. The van der Waals surface area contributed by atoms with Gasteiger partial charge in [-0.15, -0.1) is 0 Å².